The van der Waals surface area contributed by atoms with Gasteiger partial charge in [0.15, 0.2) is 0 Å². The fourth-order valence-electron chi connectivity index (χ4n) is 3.75. The minimum absolute atomic E-state index is 0.0857. The Labute approximate surface area is 136 Å². The minimum atomic E-state index is -0.432. The first kappa shape index (κ1) is 15.9. The van der Waals surface area contributed by atoms with Gasteiger partial charge in [0.05, 0.1) is 12.0 Å². The molecule has 0 aromatic carbocycles. The molecule has 0 radical (unpaired) electrons. The van der Waals surface area contributed by atoms with Crippen molar-refractivity contribution in [2.45, 2.75) is 13.3 Å². The molecule has 0 saturated carbocycles. The fraction of sp³-hybridized carbons (Fsp3) is 0.588. The van der Waals surface area contributed by atoms with Crippen molar-refractivity contribution in [3.8, 4) is 0 Å². The molecule has 1 aromatic rings. The van der Waals surface area contributed by atoms with Crippen LogP contribution in [-0.2, 0) is 9.53 Å². The lowest BCUT2D eigenvalue weighted by atomic mass is 9.78. The monoisotopic (exact) mass is 317 g/mol. The molecule has 3 heterocycles. The maximum absolute atomic E-state index is 12.9. The van der Waals surface area contributed by atoms with Gasteiger partial charge in [0.25, 0.3) is 5.91 Å². The van der Waals surface area contributed by atoms with Crippen LogP contribution in [0.3, 0.4) is 0 Å². The molecule has 0 aliphatic carbocycles. The maximum atomic E-state index is 12.9. The molecule has 1 spiro atoms. The Hall–Kier alpha value is -1.95. The number of ether oxygens (including phenoxy) is 1. The summed E-state index contributed by atoms with van der Waals surface area (Å²) in [7, 11) is 1.64. The van der Waals surface area contributed by atoms with Crippen molar-refractivity contribution in [2.24, 2.45) is 11.3 Å². The van der Waals surface area contributed by atoms with E-state index >= 15 is 0 Å². The van der Waals surface area contributed by atoms with E-state index in [1.807, 2.05) is 11.0 Å². The fourth-order valence-corrected chi connectivity index (χ4v) is 3.75. The van der Waals surface area contributed by atoms with E-state index in [-0.39, 0.29) is 17.7 Å². The molecule has 23 heavy (non-hydrogen) atoms. The summed E-state index contributed by atoms with van der Waals surface area (Å²) >= 11 is 0. The Morgan fingerprint density at radius 1 is 1.48 bits per heavy atom. The summed E-state index contributed by atoms with van der Waals surface area (Å²) in [4.78, 5) is 33.3. The SMILES string of the molecule is COCCN1CC[C@@]2(CN(C(=O)c3ccccn3)C[C@@H]2C)C1=O. The second kappa shape index (κ2) is 6.28. The Morgan fingerprint density at radius 3 is 3.00 bits per heavy atom. The smallest absolute Gasteiger partial charge is 0.272 e. The van der Waals surface area contributed by atoms with Crippen molar-refractivity contribution in [2.75, 3.05) is 39.9 Å². The highest BCUT2D eigenvalue weighted by Gasteiger charge is 2.55. The standard InChI is InChI=1S/C17H23N3O3/c1-13-11-20(15(21)14-5-3-4-7-18-14)12-17(13)6-8-19(16(17)22)9-10-23-2/h3-5,7,13H,6,8-12H2,1-2H3/t13-,17-/m0/s1. The van der Waals surface area contributed by atoms with Gasteiger partial charge in [-0.2, -0.15) is 0 Å². The topological polar surface area (TPSA) is 62.7 Å². The van der Waals surface area contributed by atoms with Gasteiger partial charge in [-0.05, 0) is 24.5 Å². The van der Waals surface area contributed by atoms with Gasteiger partial charge in [-0.15, -0.1) is 0 Å². The van der Waals surface area contributed by atoms with Gasteiger partial charge in [0.1, 0.15) is 5.69 Å². The van der Waals surface area contributed by atoms with Crippen LogP contribution in [0.4, 0.5) is 0 Å². The van der Waals surface area contributed by atoms with E-state index in [4.69, 9.17) is 4.74 Å². The molecule has 0 bridgehead atoms. The van der Waals surface area contributed by atoms with Crippen LogP contribution in [-0.4, -0.2) is 66.5 Å². The number of hydrogen-bond acceptors (Lipinski definition) is 4. The molecule has 2 fully saturated rings. The molecule has 2 saturated heterocycles. The summed E-state index contributed by atoms with van der Waals surface area (Å²) < 4.78 is 5.08. The molecule has 2 aliphatic heterocycles. The molecule has 124 valence electrons. The summed E-state index contributed by atoms with van der Waals surface area (Å²) in [5, 5.41) is 0. The van der Waals surface area contributed by atoms with E-state index in [2.05, 4.69) is 11.9 Å². The highest BCUT2D eigenvalue weighted by molar-refractivity contribution is 5.94. The van der Waals surface area contributed by atoms with Crippen molar-refractivity contribution in [3.63, 3.8) is 0 Å². The quantitative estimate of drug-likeness (QED) is 0.832. The number of carbonyl (C=O) groups excluding carboxylic acids is 2. The van der Waals surface area contributed by atoms with Crippen LogP contribution in [0.25, 0.3) is 0 Å². The van der Waals surface area contributed by atoms with Crippen LogP contribution >= 0.6 is 0 Å². The lowest BCUT2D eigenvalue weighted by molar-refractivity contribution is -0.137. The lowest BCUT2D eigenvalue weighted by Gasteiger charge is -2.26. The Balaban J connectivity index is 1.74. The van der Waals surface area contributed by atoms with Gasteiger partial charge in [0, 0.05) is 39.5 Å². The molecule has 2 atom stereocenters. The van der Waals surface area contributed by atoms with Gasteiger partial charge < -0.3 is 14.5 Å². The number of nitrogens with zero attached hydrogens (tertiary/aromatic N) is 3. The number of aromatic nitrogens is 1. The first-order chi connectivity index (χ1) is 11.1. The molecule has 6 heteroatoms. The van der Waals surface area contributed by atoms with E-state index < -0.39 is 5.41 Å². The van der Waals surface area contributed by atoms with Crippen molar-refractivity contribution in [3.05, 3.63) is 30.1 Å². The number of rotatable bonds is 4. The summed E-state index contributed by atoms with van der Waals surface area (Å²) in [6.07, 6.45) is 2.43. The highest BCUT2D eigenvalue weighted by atomic mass is 16.5. The van der Waals surface area contributed by atoms with Gasteiger partial charge in [-0.3, -0.25) is 14.6 Å². The number of amides is 2. The molecule has 6 nitrogen and oxygen atoms in total. The number of hydrogen-bond donors (Lipinski definition) is 0. The minimum Gasteiger partial charge on any atom is -0.383 e. The molecule has 2 amide bonds. The van der Waals surface area contributed by atoms with Crippen molar-refractivity contribution >= 4 is 11.8 Å². The van der Waals surface area contributed by atoms with E-state index in [0.717, 1.165) is 13.0 Å². The molecular formula is C17H23N3O3. The molecule has 0 unspecified atom stereocenters. The number of methoxy groups -OCH3 is 1. The van der Waals surface area contributed by atoms with Gasteiger partial charge in [0.2, 0.25) is 5.91 Å². The normalized spacial score (nSPS) is 27.2. The van der Waals surface area contributed by atoms with Gasteiger partial charge >= 0.3 is 0 Å². The van der Waals surface area contributed by atoms with Crippen LogP contribution < -0.4 is 0 Å². The zero-order valence-corrected chi connectivity index (χ0v) is 13.7. The zero-order valence-electron chi connectivity index (χ0n) is 13.7. The third-order valence-electron chi connectivity index (χ3n) is 5.19. The largest absolute Gasteiger partial charge is 0.383 e. The Bertz CT molecular complexity index is 592. The second-order valence-electron chi connectivity index (χ2n) is 6.49. The first-order valence-electron chi connectivity index (χ1n) is 8.07. The van der Waals surface area contributed by atoms with E-state index in [0.29, 0.717) is 31.9 Å². The highest BCUT2D eigenvalue weighted by Crippen LogP contribution is 2.44. The molecule has 3 rings (SSSR count). The van der Waals surface area contributed by atoms with Crippen molar-refractivity contribution in [1.29, 1.82) is 0 Å². The zero-order chi connectivity index (χ0) is 16.4. The van der Waals surface area contributed by atoms with Crippen molar-refractivity contribution in [1.82, 2.24) is 14.8 Å². The summed E-state index contributed by atoms with van der Waals surface area (Å²) in [5.74, 6) is 0.242. The summed E-state index contributed by atoms with van der Waals surface area (Å²) in [6, 6.07) is 5.32. The number of likely N-dealkylation sites (tertiary alicyclic amines) is 2. The van der Waals surface area contributed by atoms with Crippen LogP contribution in [0.1, 0.15) is 23.8 Å². The maximum Gasteiger partial charge on any atom is 0.272 e. The molecular weight excluding hydrogens is 294 g/mol. The first-order valence-corrected chi connectivity index (χ1v) is 8.07. The predicted molar refractivity (Wildman–Crippen MR) is 84.8 cm³/mol. The van der Waals surface area contributed by atoms with E-state index in [1.54, 1.807) is 30.3 Å². The Kier molecular flexibility index (Phi) is 4.35. The molecule has 2 aliphatic rings. The third kappa shape index (κ3) is 2.72. The van der Waals surface area contributed by atoms with Crippen LogP contribution in [0.5, 0.6) is 0 Å². The second-order valence-corrected chi connectivity index (χ2v) is 6.49. The Morgan fingerprint density at radius 2 is 2.30 bits per heavy atom. The summed E-state index contributed by atoms with van der Waals surface area (Å²) in [5.41, 5.74) is 0.0106. The molecule has 1 aromatic heterocycles. The number of carbonyl (C=O) groups is 2. The summed E-state index contributed by atoms with van der Waals surface area (Å²) in [6.45, 7) is 5.09. The van der Waals surface area contributed by atoms with Crippen LogP contribution in [0.2, 0.25) is 0 Å². The lowest BCUT2D eigenvalue weighted by Crippen LogP contribution is -2.41. The van der Waals surface area contributed by atoms with Crippen LogP contribution in [0.15, 0.2) is 24.4 Å². The number of pyridine rings is 1. The average molecular weight is 317 g/mol. The molecule has 0 N–H and O–H groups in total. The third-order valence-corrected chi connectivity index (χ3v) is 5.19. The average Bonchev–Trinajstić information content (AvgIpc) is 3.08. The predicted octanol–water partition coefficient (Wildman–Crippen LogP) is 1.04. The van der Waals surface area contributed by atoms with Gasteiger partial charge in [-0.1, -0.05) is 13.0 Å². The van der Waals surface area contributed by atoms with Crippen molar-refractivity contribution < 1.29 is 14.3 Å². The van der Waals surface area contributed by atoms with Crippen LogP contribution in [0, 0.1) is 11.3 Å². The van der Waals surface area contributed by atoms with E-state index in [9.17, 15) is 9.59 Å². The van der Waals surface area contributed by atoms with Gasteiger partial charge in [-0.25, -0.2) is 0 Å². The van der Waals surface area contributed by atoms with E-state index in [1.165, 1.54) is 0 Å².